The molecule has 2 heterocycles. The molecule has 1 aliphatic heterocycles. The highest BCUT2D eigenvalue weighted by atomic mass is 16.5. The first kappa shape index (κ1) is 13.8. The van der Waals surface area contributed by atoms with E-state index in [1.807, 2.05) is 26.0 Å². The van der Waals surface area contributed by atoms with E-state index < -0.39 is 5.97 Å². The molecule has 21 heavy (non-hydrogen) atoms. The van der Waals surface area contributed by atoms with Crippen molar-refractivity contribution in [2.45, 2.75) is 32.8 Å². The number of nitrogens with zero attached hydrogens (tertiary/aromatic N) is 2. The number of carboxylic acids is 1. The van der Waals surface area contributed by atoms with Gasteiger partial charge in [0.2, 0.25) is 0 Å². The quantitative estimate of drug-likeness (QED) is 0.942. The molecule has 0 amide bonds. The third-order valence-corrected chi connectivity index (χ3v) is 3.80. The number of carboxylic acid groups (broad SMARTS) is 1. The minimum absolute atomic E-state index is 0.0560. The van der Waals surface area contributed by atoms with Crippen LogP contribution in [0.25, 0.3) is 5.69 Å². The molecule has 0 bridgehead atoms. The molecule has 2 aromatic rings. The Labute approximate surface area is 123 Å². The first-order valence-electron chi connectivity index (χ1n) is 7.09. The third-order valence-electron chi connectivity index (χ3n) is 3.80. The van der Waals surface area contributed by atoms with E-state index in [1.54, 1.807) is 10.7 Å². The number of aryl methyl sites for hydroxylation is 2. The molecule has 1 N–H and O–H groups in total. The Balaban J connectivity index is 2.13. The van der Waals surface area contributed by atoms with E-state index in [0.717, 1.165) is 29.8 Å². The highest BCUT2D eigenvalue weighted by Crippen LogP contribution is 2.31. The van der Waals surface area contributed by atoms with Crippen LogP contribution < -0.4 is 0 Å². The minimum Gasteiger partial charge on any atom is -0.476 e. The molecule has 1 saturated heterocycles. The van der Waals surface area contributed by atoms with E-state index in [2.05, 4.69) is 11.2 Å². The van der Waals surface area contributed by atoms with E-state index in [4.69, 9.17) is 4.74 Å². The van der Waals surface area contributed by atoms with E-state index in [0.29, 0.717) is 6.61 Å². The minimum atomic E-state index is -1.02. The van der Waals surface area contributed by atoms with Gasteiger partial charge in [0.05, 0.1) is 17.5 Å². The number of hydrogen-bond acceptors (Lipinski definition) is 3. The van der Waals surface area contributed by atoms with Crippen molar-refractivity contribution < 1.29 is 14.6 Å². The van der Waals surface area contributed by atoms with Crippen LogP contribution in [-0.2, 0) is 4.74 Å². The van der Waals surface area contributed by atoms with E-state index in [-0.39, 0.29) is 11.8 Å². The summed E-state index contributed by atoms with van der Waals surface area (Å²) in [5.41, 5.74) is 4.01. The van der Waals surface area contributed by atoms with Gasteiger partial charge in [0.25, 0.3) is 0 Å². The molecule has 5 nitrogen and oxygen atoms in total. The number of carbonyl (C=O) groups is 1. The van der Waals surface area contributed by atoms with Crippen LogP contribution in [0, 0.1) is 13.8 Å². The molecular formula is C16H18N2O3. The lowest BCUT2D eigenvalue weighted by Gasteiger charge is -2.14. The second-order valence-corrected chi connectivity index (χ2v) is 5.46. The maximum atomic E-state index is 11.2. The van der Waals surface area contributed by atoms with E-state index in [1.165, 1.54) is 5.56 Å². The van der Waals surface area contributed by atoms with Crippen molar-refractivity contribution >= 4 is 5.97 Å². The highest BCUT2D eigenvalue weighted by Gasteiger charge is 2.25. The van der Waals surface area contributed by atoms with Gasteiger partial charge in [0, 0.05) is 6.61 Å². The van der Waals surface area contributed by atoms with E-state index in [9.17, 15) is 9.90 Å². The molecule has 1 aromatic carbocycles. The van der Waals surface area contributed by atoms with Gasteiger partial charge in [0.1, 0.15) is 0 Å². The number of hydrogen-bond donors (Lipinski definition) is 1. The number of ether oxygens (including phenoxy) is 1. The lowest BCUT2D eigenvalue weighted by atomic mass is 10.1. The summed E-state index contributed by atoms with van der Waals surface area (Å²) in [5.74, 6) is -1.02. The van der Waals surface area contributed by atoms with Crippen LogP contribution in [-0.4, -0.2) is 27.5 Å². The molecule has 5 heteroatoms. The first-order valence-corrected chi connectivity index (χ1v) is 7.09. The van der Waals surface area contributed by atoms with Crippen molar-refractivity contribution in [1.29, 1.82) is 0 Å². The molecule has 1 aromatic heterocycles. The number of aromatic carboxylic acids is 1. The molecule has 0 aliphatic carbocycles. The van der Waals surface area contributed by atoms with Gasteiger partial charge < -0.3 is 9.84 Å². The van der Waals surface area contributed by atoms with Gasteiger partial charge >= 0.3 is 5.97 Å². The molecule has 1 aliphatic rings. The monoisotopic (exact) mass is 286 g/mol. The van der Waals surface area contributed by atoms with Crippen LogP contribution in [0.5, 0.6) is 0 Å². The molecule has 0 radical (unpaired) electrons. The first-order chi connectivity index (χ1) is 10.1. The Hall–Kier alpha value is -2.14. The molecule has 1 fully saturated rings. The predicted octanol–water partition coefficient (Wildman–Crippen LogP) is 3.04. The Morgan fingerprint density at radius 2 is 2.19 bits per heavy atom. The molecule has 3 rings (SSSR count). The van der Waals surface area contributed by atoms with Crippen molar-refractivity contribution in [3.63, 3.8) is 0 Å². The van der Waals surface area contributed by atoms with Crippen LogP contribution in [0.4, 0.5) is 0 Å². The number of aromatic nitrogens is 2. The van der Waals surface area contributed by atoms with Gasteiger partial charge in [-0.1, -0.05) is 17.7 Å². The van der Waals surface area contributed by atoms with Crippen LogP contribution in [0.15, 0.2) is 24.3 Å². The Kier molecular flexibility index (Phi) is 3.51. The zero-order valence-electron chi connectivity index (χ0n) is 12.2. The van der Waals surface area contributed by atoms with E-state index >= 15 is 0 Å². The van der Waals surface area contributed by atoms with Gasteiger partial charge in [0.15, 0.2) is 5.69 Å². The second kappa shape index (κ2) is 5.33. The summed E-state index contributed by atoms with van der Waals surface area (Å²) in [5, 5.41) is 13.5. The number of rotatable bonds is 3. The van der Waals surface area contributed by atoms with Crippen molar-refractivity contribution in [1.82, 2.24) is 9.78 Å². The molecule has 1 unspecified atom stereocenters. The van der Waals surface area contributed by atoms with Crippen LogP contribution >= 0.6 is 0 Å². The smallest absolute Gasteiger partial charge is 0.356 e. The van der Waals surface area contributed by atoms with Crippen molar-refractivity contribution in [2.24, 2.45) is 0 Å². The average molecular weight is 286 g/mol. The van der Waals surface area contributed by atoms with Gasteiger partial charge in [-0.15, -0.1) is 0 Å². The fourth-order valence-corrected chi connectivity index (χ4v) is 2.78. The van der Waals surface area contributed by atoms with Crippen LogP contribution in [0.1, 0.15) is 46.3 Å². The third kappa shape index (κ3) is 2.56. The summed E-state index contributed by atoms with van der Waals surface area (Å²) in [4.78, 5) is 11.2. The zero-order chi connectivity index (χ0) is 15.0. The average Bonchev–Trinajstić information content (AvgIpc) is 3.07. The number of benzene rings is 1. The van der Waals surface area contributed by atoms with Gasteiger partial charge in [-0.2, -0.15) is 5.10 Å². The fraction of sp³-hybridized carbons (Fsp3) is 0.375. The normalized spacial score (nSPS) is 18.1. The maximum Gasteiger partial charge on any atom is 0.356 e. The summed E-state index contributed by atoms with van der Waals surface area (Å²) < 4.78 is 7.42. The summed E-state index contributed by atoms with van der Waals surface area (Å²) in [7, 11) is 0. The second-order valence-electron chi connectivity index (χ2n) is 5.46. The summed E-state index contributed by atoms with van der Waals surface area (Å²) in [6.45, 7) is 4.75. The Morgan fingerprint density at radius 1 is 1.38 bits per heavy atom. The van der Waals surface area contributed by atoms with Gasteiger partial charge in [-0.3, -0.25) is 0 Å². The lowest BCUT2D eigenvalue weighted by Crippen LogP contribution is -2.08. The Morgan fingerprint density at radius 3 is 2.81 bits per heavy atom. The molecule has 1 atom stereocenters. The predicted molar refractivity (Wildman–Crippen MR) is 77.9 cm³/mol. The van der Waals surface area contributed by atoms with Gasteiger partial charge in [-0.25, -0.2) is 9.48 Å². The largest absolute Gasteiger partial charge is 0.476 e. The summed E-state index contributed by atoms with van der Waals surface area (Å²) >= 11 is 0. The van der Waals surface area contributed by atoms with Crippen molar-refractivity contribution in [2.75, 3.05) is 6.61 Å². The standard InChI is InChI=1S/C16H18N2O3/c1-10-5-6-13(11(2)8-10)18-14(15-4-3-7-21-15)9-12(17-18)16(19)20/h5-6,8-9,15H,3-4,7H2,1-2H3,(H,19,20). The highest BCUT2D eigenvalue weighted by molar-refractivity contribution is 5.85. The Bertz CT molecular complexity index is 685. The summed E-state index contributed by atoms with van der Waals surface area (Å²) in [6, 6.07) is 7.67. The molecule has 110 valence electrons. The van der Waals surface area contributed by atoms with Crippen molar-refractivity contribution in [3.05, 3.63) is 46.8 Å². The summed E-state index contributed by atoms with van der Waals surface area (Å²) in [6.07, 6.45) is 1.81. The van der Waals surface area contributed by atoms with Crippen molar-refractivity contribution in [3.8, 4) is 5.69 Å². The van der Waals surface area contributed by atoms with Crippen LogP contribution in [0.3, 0.4) is 0 Å². The SMILES string of the molecule is Cc1ccc(-n2nc(C(=O)O)cc2C2CCCO2)c(C)c1. The van der Waals surface area contributed by atoms with Gasteiger partial charge in [-0.05, 0) is 44.4 Å². The fourth-order valence-electron chi connectivity index (χ4n) is 2.78. The zero-order valence-corrected chi connectivity index (χ0v) is 12.2. The molecular weight excluding hydrogens is 268 g/mol. The maximum absolute atomic E-state index is 11.2. The van der Waals surface area contributed by atoms with Crippen LogP contribution in [0.2, 0.25) is 0 Å². The molecule has 0 spiro atoms. The molecule has 0 saturated carbocycles. The topological polar surface area (TPSA) is 64.4 Å². The lowest BCUT2D eigenvalue weighted by molar-refractivity contribution is 0.0690.